The van der Waals surface area contributed by atoms with E-state index in [1.807, 2.05) is 31.2 Å². The normalized spacial score (nSPS) is 25.4. The van der Waals surface area contributed by atoms with Crippen LogP contribution in [-0.4, -0.2) is 12.6 Å². The Labute approximate surface area is 199 Å². The van der Waals surface area contributed by atoms with E-state index in [4.69, 9.17) is 9.47 Å². The number of hydrogen-bond acceptors (Lipinski definition) is 3. The first-order chi connectivity index (χ1) is 16.2. The van der Waals surface area contributed by atoms with Crippen molar-refractivity contribution in [1.29, 1.82) is 0 Å². The van der Waals surface area contributed by atoms with E-state index in [0.29, 0.717) is 23.8 Å². The van der Waals surface area contributed by atoms with E-state index in [0.717, 1.165) is 23.5 Å². The largest absolute Gasteiger partial charge is 0.494 e. The Balaban J connectivity index is 1.25. The molecule has 0 radical (unpaired) electrons. The van der Waals surface area contributed by atoms with Crippen LogP contribution in [0.4, 0.5) is 0 Å². The van der Waals surface area contributed by atoms with Crippen LogP contribution in [0.2, 0.25) is 0 Å². The van der Waals surface area contributed by atoms with Crippen molar-refractivity contribution in [3.05, 3.63) is 59.7 Å². The summed E-state index contributed by atoms with van der Waals surface area (Å²) in [4.78, 5) is 12.5. The molecule has 2 fully saturated rings. The van der Waals surface area contributed by atoms with Gasteiger partial charge in [-0.1, -0.05) is 44.7 Å². The van der Waals surface area contributed by atoms with Crippen molar-refractivity contribution in [3.63, 3.8) is 0 Å². The van der Waals surface area contributed by atoms with Gasteiger partial charge in [-0.25, -0.2) is 4.79 Å². The van der Waals surface area contributed by atoms with E-state index in [9.17, 15) is 4.79 Å². The molecule has 2 saturated carbocycles. The smallest absolute Gasteiger partial charge is 0.343 e. The number of esters is 1. The molecule has 2 aliphatic rings. The first-order valence-electron chi connectivity index (χ1n) is 13.2. The second-order valence-electron chi connectivity index (χ2n) is 10.1. The summed E-state index contributed by atoms with van der Waals surface area (Å²) in [6.07, 6.45) is 14.0. The highest BCUT2D eigenvalue weighted by atomic mass is 16.5. The molecule has 2 aromatic carbocycles. The third kappa shape index (κ3) is 6.40. The Kier molecular flexibility index (Phi) is 8.47. The van der Waals surface area contributed by atoms with Gasteiger partial charge in [-0.3, -0.25) is 0 Å². The lowest BCUT2D eigenvalue weighted by molar-refractivity contribution is 0.0734. The monoisotopic (exact) mass is 448 g/mol. The first-order valence-corrected chi connectivity index (χ1v) is 13.2. The van der Waals surface area contributed by atoms with Crippen LogP contribution in [-0.2, 0) is 0 Å². The Morgan fingerprint density at radius 1 is 0.758 bits per heavy atom. The zero-order chi connectivity index (χ0) is 23.0. The van der Waals surface area contributed by atoms with Gasteiger partial charge in [-0.2, -0.15) is 0 Å². The number of carbonyl (C=O) groups excluding carboxylic acids is 1. The molecule has 0 aromatic heterocycles. The summed E-state index contributed by atoms with van der Waals surface area (Å²) < 4.78 is 11.0. The maximum atomic E-state index is 12.5. The van der Waals surface area contributed by atoms with Crippen molar-refractivity contribution in [3.8, 4) is 11.5 Å². The van der Waals surface area contributed by atoms with Gasteiger partial charge >= 0.3 is 5.97 Å². The number of carbonyl (C=O) groups is 1. The highest BCUT2D eigenvalue weighted by Crippen LogP contribution is 2.44. The number of ether oxygens (including phenoxy) is 2. The van der Waals surface area contributed by atoms with Crippen molar-refractivity contribution in [1.82, 2.24) is 0 Å². The zero-order valence-electron chi connectivity index (χ0n) is 20.4. The van der Waals surface area contributed by atoms with Crippen LogP contribution < -0.4 is 9.47 Å². The molecule has 0 saturated heterocycles. The van der Waals surface area contributed by atoms with Crippen LogP contribution in [0.3, 0.4) is 0 Å². The second kappa shape index (κ2) is 11.7. The van der Waals surface area contributed by atoms with Gasteiger partial charge in [0.15, 0.2) is 0 Å². The highest BCUT2D eigenvalue weighted by molar-refractivity contribution is 5.91. The fraction of sp³-hybridized carbons (Fsp3) is 0.567. The molecule has 0 atom stereocenters. The van der Waals surface area contributed by atoms with E-state index in [1.165, 1.54) is 69.8 Å². The molecule has 3 heteroatoms. The topological polar surface area (TPSA) is 35.5 Å². The Morgan fingerprint density at radius 2 is 1.33 bits per heavy atom. The minimum atomic E-state index is -0.312. The van der Waals surface area contributed by atoms with Gasteiger partial charge < -0.3 is 9.47 Å². The summed E-state index contributed by atoms with van der Waals surface area (Å²) in [5.41, 5.74) is 1.97. The first kappa shape index (κ1) is 23.9. The van der Waals surface area contributed by atoms with E-state index < -0.39 is 0 Å². The summed E-state index contributed by atoms with van der Waals surface area (Å²) in [6.45, 7) is 4.89. The lowest BCUT2D eigenvalue weighted by Gasteiger charge is -2.38. The van der Waals surface area contributed by atoms with Crippen molar-refractivity contribution >= 4 is 5.97 Å². The Bertz CT molecular complexity index is 854. The predicted octanol–water partition coefficient (Wildman–Crippen LogP) is 8.18. The molecule has 0 aliphatic heterocycles. The SMILES string of the molecule is CCCC1CCC(C2CCC(c3ccc(C(=O)Oc4ccc(OCC)cc4)cc3)CC2)CC1. The van der Waals surface area contributed by atoms with Crippen molar-refractivity contribution < 1.29 is 14.3 Å². The van der Waals surface area contributed by atoms with Crippen LogP contribution in [0.25, 0.3) is 0 Å². The molecule has 4 rings (SSSR count). The minimum absolute atomic E-state index is 0.312. The molecular formula is C30H40O3. The van der Waals surface area contributed by atoms with E-state index in [1.54, 1.807) is 12.1 Å². The molecule has 0 spiro atoms. The Morgan fingerprint density at radius 3 is 1.91 bits per heavy atom. The van der Waals surface area contributed by atoms with Crippen LogP contribution in [0.5, 0.6) is 11.5 Å². The summed E-state index contributed by atoms with van der Waals surface area (Å²) >= 11 is 0. The second-order valence-corrected chi connectivity index (χ2v) is 10.1. The van der Waals surface area contributed by atoms with E-state index in [-0.39, 0.29) is 5.97 Å². The zero-order valence-corrected chi connectivity index (χ0v) is 20.4. The van der Waals surface area contributed by atoms with E-state index >= 15 is 0 Å². The van der Waals surface area contributed by atoms with Crippen LogP contribution in [0, 0.1) is 17.8 Å². The van der Waals surface area contributed by atoms with Gasteiger partial charge in [-0.05, 0) is 111 Å². The van der Waals surface area contributed by atoms with E-state index in [2.05, 4.69) is 19.1 Å². The van der Waals surface area contributed by atoms with Gasteiger partial charge in [0.2, 0.25) is 0 Å². The molecule has 0 amide bonds. The number of benzene rings is 2. The summed E-state index contributed by atoms with van der Waals surface area (Å²) in [6, 6.07) is 15.3. The third-order valence-electron chi connectivity index (χ3n) is 7.99. The van der Waals surface area contributed by atoms with Crippen LogP contribution >= 0.6 is 0 Å². The van der Waals surface area contributed by atoms with Gasteiger partial charge in [0.1, 0.15) is 11.5 Å². The summed E-state index contributed by atoms with van der Waals surface area (Å²) in [5.74, 6) is 4.55. The Hall–Kier alpha value is -2.29. The molecule has 0 heterocycles. The fourth-order valence-electron chi connectivity index (χ4n) is 6.11. The van der Waals surface area contributed by atoms with Gasteiger partial charge in [0, 0.05) is 0 Å². The lowest BCUT2D eigenvalue weighted by Crippen LogP contribution is -2.25. The third-order valence-corrected chi connectivity index (χ3v) is 7.99. The minimum Gasteiger partial charge on any atom is -0.494 e. The molecule has 2 aliphatic carbocycles. The predicted molar refractivity (Wildman–Crippen MR) is 134 cm³/mol. The molecule has 33 heavy (non-hydrogen) atoms. The molecule has 178 valence electrons. The van der Waals surface area contributed by atoms with Crippen molar-refractivity contribution in [2.24, 2.45) is 17.8 Å². The average Bonchev–Trinajstić information content (AvgIpc) is 2.86. The standard InChI is InChI=1S/C30H40O3/c1-3-5-22-6-8-23(9-7-22)24-10-12-25(13-11-24)26-14-16-27(17-15-26)30(31)33-29-20-18-28(19-21-29)32-4-2/h14-25H,3-13H2,1-2H3. The average molecular weight is 449 g/mol. The van der Waals surface area contributed by atoms with Crippen LogP contribution in [0.15, 0.2) is 48.5 Å². The molecule has 0 unspecified atom stereocenters. The van der Waals surface area contributed by atoms with Crippen molar-refractivity contribution in [2.75, 3.05) is 6.61 Å². The number of rotatable bonds is 8. The summed E-state index contributed by atoms with van der Waals surface area (Å²) in [7, 11) is 0. The quantitative estimate of drug-likeness (QED) is 0.302. The highest BCUT2D eigenvalue weighted by Gasteiger charge is 2.31. The van der Waals surface area contributed by atoms with Gasteiger partial charge in [0.25, 0.3) is 0 Å². The fourth-order valence-corrected chi connectivity index (χ4v) is 6.11. The molecule has 3 nitrogen and oxygen atoms in total. The molecule has 0 bridgehead atoms. The molecule has 2 aromatic rings. The molecular weight excluding hydrogens is 408 g/mol. The van der Waals surface area contributed by atoms with Gasteiger partial charge in [-0.15, -0.1) is 0 Å². The lowest BCUT2D eigenvalue weighted by atomic mass is 9.68. The maximum absolute atomic E-state index is 12.5. The summed E-state index contributed by atoms with van der Waals surface area (Å²) in [5, 5.41) is 0. The van der Waals surface area contributed by atoms with Crippen molar-refractivity contribution in [2.45, 2.75) is 84.0 Å². The van der Waals surface area contributed by atoms with Gasteiger partial charge in [0.05, 0.1) is 12.2 Å². The maximum Gasteiger partial charge on any atom is 0.343 e. The number of hydrogen-bond donors (Lipinski definition) is 0. The van der Waals surface area contributed by atoms with Crippen LogP contribution in [0.1, 0.15) is 99.9 Å². The molecule has 0 N–H and O–H groups in total.